The Hall–Kier alpha value is -2.79. The van der Waals surface area contributed by atoms with Crippen molar-refractivity contribution in [3.8, 4) is 5.75 Å². The molecule has 1 aliphatic heterocycles. The van der Waals surface area contributed by atoms with Gasteiger partial charge in [0.2, 0.25) is 0 Å². The van der Waals surface area contributed by atoms with Gasteiger partial charge in [-0.25, -0.2) is 4.79 Å². The van der Waals surface area contributed by atoms with E-state index >= 15 is 0 Å². The predicted octanol–water partition coefficient (Wildman–Crippen LogP) is 3.86. The second-order valence-corrected chi connectivity index (χ2v) is 6.08. The molecule has 2 aromatic rings. The van der Waals surface area contributed by atoms with Crippen molar-refractivity contribution in [1.82, 2.24) is 10.6 Å². The molecule has 1 aliphatic rings. The van der Waals surface area contributed by atoms with E-state index in [0.29, 0.717) is 27.6 Å². The third-order valence-electron chi connectivity index (χ3n) is 4.07. The maximum atomic E-state index is 13.1. The Balaban J connectivity index is 2.09. The van der Waals surface area contributed by atoms with Crippen LogP contribution in [0.5, 0.6) is 5.75 Å². The van der Waals surface area contributed by atoms with Crippen LogP contribution in [0.25, 0.3) is 0 Å². The van der Waals surface area contributed by atoms with Crippen molar-refractivity contribution in [2.24, 2.45) is 0 Å². The van der Waals surface area contributed by atoms with Crippen LogP contribution in [-0.4, -0.2) is 18.9 Å². The van der Waals surface area contributed by atoms with Crippen LogP contribution in [0.3, 0.4) is 0 Å². The standard InChI is InChI=1S/C19H17ClN2O3/c1-11-16(18(23)12-7-9-13(20)10-8-12)17(22-19(24)21-11)14-5-3-4-6-15(14)25-2/h3-10,17H,1-2H3,(H2,21,22,24). The van der Waals surface area contributed by atoms with Crippen molar-refractivity contribution in [2.45, 2.75) is 13.0 Å². The molecule has 0 fully saturated rings. The number of carbonyl (C=O) groups is 2. The SMILES string of the molecule is COc1ccccc1C1NC(=O)NC(C)=C1C(=O)c1ccc(Cl)cc1. The molecule has 5 nitrogen and oxygen atoms in total. The molecule has 1 heterocycles. The summed E-state index contributed by atoms with van der Waals surface area (Å²) in [6, 6.07) is 13.0. The van der Waals surface area contributed by atoms with Gasteiger partial charge in [0.25, 0.3) is 0 Å². The minimum atomic E-state index is -0.604. The molecule has 0 saturated carbocycles. The lowest BCUT2D eigenvalue weighted by Gasteiger charge is -2.29. The van der Waals surface area contributed by atoms with E-state index in [1.165, 1.54) is 0 Å². The fraction of sp³-hybridized carbons (Fsp3) is 0.158. The van der Waals surface area contributed by atoms with E-state index in [-0.39, 0.29) is 11.8 Å². The van der Waals surface area contributed by atoms with Crippen LogP contribution < -0.4 is 15.4 Å². The molecule has 0 radical (unpaired) electrons. The topological polar surface area (TPSA) is 67.4 Å². The first-order valence-electron chi connectivity index (χ1n) is 7.72. The first-order valence-corrected chi connectivity index (χ1v) is 8.10. The van der Waals surface area contributed by atoms with Crippen molar-refractivity contribution in [3.63, 3.8) is 0 Å². The zero-order valence-corrected chi connectivity index (χ0v) is 14.6. The number of halogens is 1. The summed E-state index contributed by atoms with van der Waals surface area (Å²) in [5, 5.41) is 6.04. The van der Waals surface area contributed by atoms with Gasteiger partial charge >= 0.3 is 6.03 Å². The Morgan fingerprint density at radius 1 is 1.12 bits per heavy atom. The molecule has 2 N–H and O–H groups in total. The summed E-state index contributed by atoms with van der Waals surface area (Å²) in [6.45, 7) is 1.71. The molecule has 3 rings (SSSR count). The van der Waals surface area contributed by atoms with Crippen LogP contribution in [0.4, 0.5) is 4.79 Å². The summed E-state index contributed by atoms with van der Waals surface area (Å²) >= 11 is 5.90. The van der Waals surface area contributed by atoms with Gasteiger partial charge in [0.15, 0.2) is 5.78 Å². The van der Waals surface area contributed by atoms with Crippen LogP contribution in [0.1, 0.15) is 28.9 Å². The monoisotopic (exact) mass is 356 g/mol. The molecule has 25 heavy (non-hydrogen) atoms. The summed E-state index contributed by atoms with van der Waals surface area (Å²) in [5.74, 6) is 0.418. The number of rotatable bonds is 4. The van der Waals surface area contributed by atoms with Crippen LogP contribution in [0, 0.1) is 0 Å². The zero-order chi connectivity index (χ0) is 18.0. The average molecular weight is 357 g/mol. The number of methoxy groups -OCH3 is 1. The van der Waals surface area contributed by atoms with Crippen LogP contribution in [0.2, 0.25) is 5.02 Å². The Morgan fingerprint density at radius 2 is 1.80 bits per heavy atom. The van der Waals surface area contributed by atoms with E-state index in [9.17, 15) is 9.59 Å². The van der Waals surface area contributed by atoms with Crippen molar-refractivity contribution in [2.75, 3.05) is 7.11 Å². The Kier molecular flexibility index (Phi) is 4.76. The Labute approximate surface area is 150 Å². The number of para-hydroxylation sites is 1. The van der Waals surface area contributed by atoms with Crippen molar-refractivity contribution < 1.29 is 14.3 Å². The summed E-state index contributed by atoms with van der Waals surface area (Å²) in [5.41, 5.74) is 2.19. The molecular formula is C19H17ClN2O3. The van der Waals surface area contributed by atoms with Gasteiger partial charge in [0.1, 0.15) is 5.75 Å². The van der Waals surface area contributed by atoms with Crippen molar-refractivity contribution in [3.05, 3.63) is 76.0 Å². The lowest BCUT2D eigenvalue weighted by atomic mass is 9.89. The number of hydrogen-bond donors (Lipinski definition) is 2. The van der Waals surface area contributed by atoms with E-state index in [4.69, 9.17) is 16.3 Å². The van der Waals surface area contributed by atoms with Crippen molar-refractivity contribution in [1.29, 1.82) is 0 Å². The second-order valence-electron chi connectivity index (χ2n) is 5.65. The van der Waals surface area contributed by atoms with Gasteiger partial charge in [-0.2, -0.15) is 0 Å². The fourth-order valence-electron chi connectivity index (χ4n) is 2.89. The molecule has 2 amide bonds. The molecule has 2 aromatic carbocycles. The number of hydrogen-bond acceptors (Lipinski definition) is 3. The number of ether oxygens (including phenoxy) is 1. The zero-order valence-electron chi connectivity index (χ0n) is 13.8. The van der Waals surface area contributed by atoms with Gasteiger partial charge in [0, 0.05) is 27.4 Å². The lowest BCUT2D eigenvalue weighted by Crippen LogP contribution is -2.45. The van der Waals surface area contributed by atoms with Gasteiger partial charge in [0.05, 0.1) is 13.2 Å². The quantitative estimate of drug-likeness (QED) is 0.817. The molecular weight excluding hydrogens is 340 g/mol. The molecule has 0 aromatic heterocycles. The van der Waals surface area contributed by atoms with Gasteiger partial charge < -0.3 is 15.4 Å². The smallest absolute Gasteiger partial charge is 0.319 e. The maximum Gasteiger partial charge on any atom is 0.319 e. The van der Waals surface area contributed by atoms with E-state index < -0.39 is 6.04 Å². The number of nitrogens with one attached hydrogen (secondary N) is 2. The largest absolute Gasteiger partial charge is 0.496 e. The first kappa shape index (κ1) is 17.0. The van der Waals surface area contributed by atoms with Crippen LogP contribution >= 0.6 is 11.6 Å². The van der Waals surface area contributed by atoms with Gasteiger partial charge in [-0.3, -0.25) is 4.79 Å². The molecule has 6 heteroatoms. The number of Topliss-reactive ketones (excluding diaryl/α,β-unsaturated/α-hetero) is 1. The summed E-state index contributed by atoms with van der Waals surface area (Å²) in [4.78, 5) is 25.1. The van der Waals surface area contributed by atoms with E-state index in [1.807, 2.05) is 18.2 Å². The Morgan fingerprint density at radius 3 is 2.48 bits per heavy atom. The minimum absolute atomic E-state index is 0.183. The molecule has 0 saturated heterocycles. The highest BCUT2D eigenvalue weighted by Crippen LogP contribution is 2.34. The molecule has 128 valence electrons. The molecule has 0 spiro atoms. The average Bonchev–Trinajstić information content (AvgIpc) is 2.61. The van der Waals surface area contributed by atoms with E-state index in [2.05, 4.69) is 10.6 Å². The van der Waals surface area contributed by atoms with E-state index in [0.717, 1.165) is 5.56 Å². The highest BCUT2D eigenvalue weighted by molar-refractivity contribution is 6.30. The highest BCUT2D eigenvalue weighted by Gasteiger charge is 2.33. The number of ketones is 1. The molecule has 0 bridgehead atoms. The second kappa shape index (κ2) is 6.99. The van der Waals surface area contributed by atoms with Gasteiger partial charge in [-0.05, 0) is 37.3 Å². The van der Waals surface area contributed by atoms with E-state index in [1.54, 1.807) is 44.4 Å². The van der Waals surface area contributed by atoms with Gasteiger partial charge in [-0.15, -0.1) is 0 Å². The minimum Gasteiger partial charge on any atom is -0.496 e. The number of benzene rings is 2. The summed E-state index contributed by atoms with van der Waals surface area (Å²) in [6.07, 6.45) is 0. The van der Waals surface area contributed by atoms with Crippen LogP contribution in [-0.2, 0) is 0 Å². The summed E-state index contributed by atoms with van der Waals surface area (Å²) in [7, 11) is 1.55. The number of allylic oxidation sites excluding steroid dienone is 1. The fourth-order valence-corrected chi connectivity index (χ4v) is 3.02. The third kappa shape index (κ3) is 3.37. The maximum absolute atomic E-state index is 13.1. The number of urea groups is 1. The van der Waals surface area contributed by atoms with Crippen molar-refractivity contribution >= 4 is 23.4 Å². The lowest BCUT2D eigenvalue weighted by molar-refractivity contribution is 0.102. The molecule has 0 aliphatic carbocycles. The number of amides is 2. The summed E-state index contributed by atoms with van der Waals surface area (Å²) < 4.78 is 5.40. The predicted molar refractivity (Wildman–Crippen MR) is 95.9 cm³/mol. The van der Waals surface area contributed by atoms with Crippen LogP contribution in [0.15, 0.2) is 59.8 Å². The first-order chi connectivity index (χ1) is 12.0. The molecule has 1 atom stereocenters. The Bertz CT molecular complexity index is 859. The normalized spacial score (nSPS) is 16.9. The number of carbonyl (C=O) groups excluding carboxylic acids is 2. The highest BCUT2D eigenvalue weighted by atomic mass is 35.5. The molecule has 1 unspecified atom stereocenters. The van der Waals surface area contributed by atoms with Gasteiger partial charge in [-0.1, -0.05) is 29.8 Å². The third-order valence-corrected chi connectivity index (χ3v) is 4.32.